The summed E-state index contributed by atoms with van der Waals surface area (Å²) in [4.78, 5) is 10.6. The lowest BCUT2D eigenvalue weighted by atomic mass is 10.2. The van der Waals surface area contributed by atoms with Gasteiger partial charge in [-0.05, 0) is 75.4 Å². The first-order chi connectivity index (χ1) is 11.0. The van der Waals surface area contributed by atoms with Crippen molar-refractivity contribution in [1.82, 2.24) is 5.43 Å². The van der Waals surface area contributed by atoms with E-state index in [0.717, 1.165) is 24.0 Å². The van der Waals surface area contributed by atoms with Gasteiger partial charge in [-0.2, -0.15) is 5.10 Å². The Bertz CT molecular complexity index is 708. The maximum Gasteiger partial charge on any atom is 0.332 e. The van der Waals surface area contributed by atoms with Crippen molar-refractivity contribution in [3.05, 3.63) is 60.2 Å². The molecule has 0 radical (unpaired) electrons. The van der Waals surface area contributed by atoms with E-state index in [2.05, 4.69) is 86.9 Å². The van der Waals surface area contributed by atoms with Gasteiger partial charge in [0.25, 0.3) is 0 Å². The highest BCUT2D eigenvalue weighted by Crippen LogP contribution is 2.29. The van der Waals surface area contributed by atoms with Gasteiger partial charge in [0.15, 0.2) is 0 Å². The highest BCUT2D eigenvalue weighted by atomic mass is 127. The van der Waals surface area contributed by atoms with Gasteiger partial charge in [0, 0.05) is 0 Å². The molecule has 0 aliphatic carbocycles. The minimum Gasteiger partial charge on any atom is -0.487 e. The van der Waals surface area contributed by atoms with Crippen molar-refractivity contribution in [2.45, 2.75) is 13.5 Å². The lowest BCUT2D eigenvalue weighted by Crippen LogP contribution is -2.24. The molecule has 0 spiro atoms. The van der Waals surface area contributed by atoms with Crippen LogP contribution in [0, 0.1) is 14.1 Å². The monoisotopic (exact) mass is 535 g/mol. The van der Waals surface area contributed by atoms with Crippen molar-refractivity contribution >= 4 is 57.4 Å². The second-order valence-corrected chi connectivity index (χ2v) is 7.15. The van der Waals surface area contributed by atoms with E-state index in [9.17, 15) is 4.79 Å². The molecule has 2 rings (SSSR count). The smallest absolute Gasteiger partial charge is 0.332 e. The quantitative estimate of drug-likeness (QED) is 0.348. The predicted molar refractivity (Wildman–Crippen MR) is 108 cm³/mol. The lowest BCUT2D eigenvalue weighted by Gasteiger charge is -2.11. The summed E-state index contributed by atoms with van der Waals surface area (Å²) in [5, 5.41) is 3.76. The predicted octanol–water partition coefficient (Wildman–Crippen LogP) is 3.79. The summed E-state index contributed by atoms with van der Waals surface area (Å²) in [6.07, 6.45) is 1.54. The van der Waals surface area contributed by atoms with Gasteiger partial charge in [-0.25, -0.2) is 10.2 Å². The van der Waals surface area contributed by atoms with Crippen LogP contribution < -0.4 is 15.9 Å². The summed E-state index contributed by atoms with van der Waals surface area (Å²) in [6, 6.07) is 11.4. The van der Waals surface area contributed by atoms with E-state index in [0.29, 0.717) is 6.61 Å². The zero-order valence-corrected chi connectivity index (χ0v) is 16.7. The van der Waals surface area contributed by atoms with E-state index in [4.69, 9.17) is 10.5 Å². The largest absolute Gasteiger partial charge is 0.487 e. The fourth-order valence-corrected chi connectivity index (χ4v) is 3.93. The van der Waals surface area contributed by atoms with Gasteiger partial charge in [-0.3, -0.25) is 0 Å². The van der Waals surface area contributed by atoms with Crippen LogP contribution in [0.15, 0.2) is 41.5 Å². The van der Waals surface area contributed by atoms with Gasteiger partial charge in [-0.15, -0.1) is 0 Å². The summed E-state index contributed by atoms with van der Waals surface area (Å²) >= 11 is 4.44. The van der Waals surface area contributed by atoms with Gasteiger partial charge >= 0.3 is 6.03 Å². The van der Waals surface area contributed by atoms with Gasteiger partial charge in [-0.1, -0.05) is 29.8 Å². The van der Waals surface area contributed by atoms with Gasteiger partial charge in [0.1, 0.15) is 12.4 Å². The molecule has 23 heavy (non-hydrogen) atoms. The third-order valence-corrected chi connectivity index (χ3v) is 4.52. The average molecular weight is 535 g/mol. The molecule has 0 fully saturated rings. The van der Waals surface area contributed by atoms with Crippen molar-refractivity contribution in [2.75, 3.05) is 0 Å². The van der Waals surface area contributed by atoms with Crippen LogP contribution in [0.1, 0.15) is 16.7 Å². The fourth-order valence-electron chi connectivity index (χ4n) is 1.80. The molecule has 0 aliphatic heterocycles. The number of amides is 2. The van der Waals surface area contributed by atoms with E-state index in [-0.39, 0.29) is 0 Å². The molecule has 5 nitrogen and oxygen atoms in total. The molecule has 2 amide bonds. The van der Waals surface area contributed by atoms with E-state index in [1.165, 1.54) is 5.56 Å². The molecule has 0 aromatic heterocycles. The molecular weight excluding hydrogens is 520 g/mol. The van der Waals surface area contributed by atoms with Crippen molar-refractivity contribution in [3.8, 4) is 5.75 Å². The Kier molecular flexibility index (Phi) is 6.63. The Balaban J connectivity index is 2.09. The standard InChI is InChI=1S/C16H15I2N3O2/c1-10-2-4-11(5-3-10)9-23-15-13(17)6-12(7-14(15)18)8-20-21-16(19)22/h2-8H,9H2,1H3,(H3,19,21,22)/b20-8-. The second kappa shape index (κ2) is 8.48. The molecule has 3 N–H and O–H groups in total. The Morgan fingerprint density at radius 2 is 1.87 bits per heavy atom. The fraction of sp³-hybridized carbons (Fsp3) is 0.125. The number of hydrogen-bond acceptors (Lipinski definition) is 3. The number of primary amides is 1. The van der Waals surface area contributed by atoms with E-state index < -0.39 is 6.03 Å². The summed E-state index contributed by atoms with van der Waals surface area (Å²) in [6.45, 7) is 2.58. The number of nitrogens with one attached hydrogen (secondary N) is 1. The molecule has 0 heterocycles. The van der Waals surface area contributed by atoms with Crippen LogP contribution in [-0.2, 0) is 6.61 Å². The topological polar surface area (TPSA) is 76.7 Å². The van der Waals surface area contributed by atoms with Crippen LogP contribution >= 0.6 is 45.2 Å². The number of halogens is 2. The van der Waals surface area contributed by atoms with Crippen molar-refractivity contribution in [3.63, 3.8) is 0 Å². The molecule has 0 aliphatic rings. The number of hydrogen-bond donors (Lipinski definition) is 2. The molecule has 0 saturated carbocycles. The maximum absolute atomic E-state index is 10.6. The zero-order valence-electron chi connectivity index (χ0n) is 12.3. The van der Waals surface area contributed by atoms with Crippen molar-refractivity contribution in [2.24, 2.45) is 10.8 Å². The molecule has 120 valence electrons. The summed E-state index contributed by atoms with van der Waals surface area (Å²) in [7, 11) is 0. The van der Waals surface area contributed by atoms with Gasteiger partial charge in [0.05, 0.1) is 13.4 Å². The number of urea groups is 1. The van der Waals surface area contributed by atoms with E-state index in [1.807, 2.05) is 12.1 Å². The Morgan fingerprint density at radius 3 is 2.43 bits per heavy atom. The highest BCUT2D eigenvalue weighted by Gasteiger charge is 2.09. The molecule has 0 unspecified atom stereocenters. The van der Waals surface area contributed by atoms with Crippen LogP contribution in [0.4, 0.5) is 4.79 Å². The first-order valence-corrected chi connectivity index (χ1v) is 8.87. The molecular formula is C16H15I2N3O2. The number of ether oxygens (including phenoxy) is 1. The van der Waals surface area contributed by atoms with Crippen molar-refractivity contribution < 1.29 is 9.53 Å². The number of carbonyl (C=O) groups excluding carboxylic acids is 1. The summed E-state index contributed by atoms with van der Waals surface area (Å²) < 4.78 is 7.89. The SMILES string of the molecule is Cc1ccc(COc2c(I)cc(/C=N\NC(N)=O)cc2I)cc1. The summed E-state index contributed by atoms with van der Waals surface area (Å²) in [5.74, 6) is 0.840. The number of nitrogens with zero attached hydrogens (tertiary/aromatic N) is 1. The average Bonchev–Trinajstić information content (AvgIpc) is 2.48. The molecule has 2 aromatic rings. The van der Waals surface area contributed by atoms with Gasteiger partial charge < -0.3 is 10.5 Å². The third-order valence-electron chi connectivity index (χ3n) is 2.91. The third kappa shape index (κ3) is 5.65. The van der Waals surface area contributed by atoms with E-state index in [1.54, 1.807) is 6.21 Å². The molecule has 7 heteroatoms. The number of benzene rings is 2. The highest BCUT2D eigenvalue weighted by molar-refractivity contribution is 14.1. The molecule has 0 bridgehead atoms. The van der Waals surface area contributed by atoms with Crippen LogP contribution in [-0.4, -0.2) is 12.2 Å². The van der Waals surface area contributed by atoms with Gasteiger partial charge in [0.2, 0.25) is 0 Å². The van der Waals surface area contributed by atoms with Crippen LogP contribution in [0.5, 0.6) is 5.75 Å². The number of carbonyl (C=O) groups is 1. The molecule has 0 atom stereocenters. The summed E-state index contributed by atoms with van der Waals surface area (Å²) in [5.41, 5.74) is 10.3. The van der Waals surface area contributed by atoms with E-state index >= 15 is 0 Å². The second-order valence-electron chi connectivity index (χ2n) is 4.82. The Labute approximate surface area is 162 Å². The van der Waals surface area contributed by atoms with Crippen LogP contribution in [0.3, 0.4) is 0 Å². The van der Waals surface area contributed by atoms with Crippen LogP contribution in [0.2, 0.25) is 0 Å². The van der Waals surface area contributed by atoms with Crippen molar-refractivity contribution in [1.29, 1.82) is 0 Å². The number of rotatable bonds is 5. The molecule has 2 aromatic carbocycles. The lowest BCUT2D eigenvalue weighted by molar-refractivity contribution is 0.249. The first-order valence-electron chi connectivity index (χ1n) is 6.71. The number of hydrazone groups is 1. The number of aryl methyl sites for hydroxylation is 1. The molecule has 0 saturated heterocycles. The minimum atomic E-state index is -0.691. The van der Waals surface area contributed by atoms with Crippen LogP contribution in [0.25, 0.3) is 0 Å². The normalized spacial score (nSPS) is 10.7. The first kappa shape index (κ1) is 18.0. The zero-order chi connectivity index (χ0) is 16.8. The maximum atomic E-state index is 10.6. The minimum absolute atomic E-state index is 0.517. The Hall–Kier alpha value is -1.36. The number of nitrogens with two attached hydrogens (primary N) is 1. The Morgan fingerprint density at radius 1 is 1.26 bits per heavy atom.